The number of Topliss-reactive ketones (excluding diaryl/α,β-unsaturated/α-hetero) is 1. The SMILES string of the molecule is CC[C@@H]1OCCC/C=C\[C@@H]2C[C@@]2(C(=O)NS(=O)(=O)C2(C)CC2)CC(=O)[C@@H]2C[C@@H](Oc3nc(OC)cc4cc(OC)ccc34)CN2C(=O)[C@H]1CC(=O)OC(C)(C)C(F)(F)F. The number of halogens is 3. The number of nitrogens with zero attached hydrogens (tertiary/aromatic N) is 2. The highest BCUT2D eigenvalue weighted by molar-refractivity contribution is 7.91. The lowest BCUT2D eigenvalue weighted by atomic mass is 9.90. The molecule has 2 aromatic rings. The molecule has 2 amide bonds. The molecule has 0 bridgehead atoms. The van der Waals surface area contributed by atoms with Crippen LogP contribution in [-0.2, 0) is 38.7 Å². The topological polar surface area (TPSA) is 177 Å². The third-order valence-corrected chi connectivity index (χ3v) is 14.3. The van der Waals surface area contributed by atoms with Crippen LogP contribution < -0.4 is 18.9 Å². The van der Waals surface area contributed by atoms with E-state index in [1.165, 1.54) is 19.1 Å². The van der Waals surface area contributed by atoms with Crippen LogP contribution in [0.15, 0.2) is 36.4 Å². The van der Waals surface area contributed by atoms with Crippen molar-refractivity contribution in [3.8, 4) is 17.5 Å². The van der Waals surface area contributed by atoms with E-state index >= 15 is 0 Å². The van der Waals surface area contributed by atoms with Gasteiger partial charge in [-0.05, 0) is 88.8 Å². The molecule has 14 nitrogen and oxygen atoms in total. The Bertz CT molecular complexity index is 2100. The maximum absolute atomic E-state index is 14.9. The second-order valence-corrected chi connectivity index (χ2v) is 18.9. The number of benzene rings is 1. The number of carbonyl (C=O) groups excluding carboxylic acids is 4. The Morgan fingerprint density at radius 1 is 1.10 bits per heavy atom. The first-order chi connectivity index (χ1) is 27.7. The molecule has 59 heavy (non-hydrogen) atoms. The molecular weight excluding hydrogens is 800 g/mol. The summed E-state index contributed by atoms with van der Waals surface area (Å²) in [5, 5.41) is 1.22. The van der Waals surface area contributed by atoms with Crippen molar-refractivity contribution in [2.45, 2.75) is 120 Å². The van der Waals surface area contributed by atoms with Crippen molar-refractivity contribution in [1.29, 1.82) is 0 Å². The smallest absolute Gasteiger partial charge is 0.427 e. The number of rotatable bonds is 11. The van der Waals surface area contributed by atoms with Crippen molar-refractivity contribution in [2.24, 2.45) is 17.3 Å². The Morgan fingerprint density at radius 3 is 2.47 bits per heavy atom. The zero-order valence-corrected chi connectivity index (χ0v) is 34.9. The van der Waals surface area contributed by atoms with Gasteiger partial charge in [-0.15, -0.1) is 0 Å². The molecule has 3 heterocycles. The fourth-order valence-electron chi connectivity index (χ4n) is 7.81. The van der Waals surface area contributed by atoms with Crippen LogP contribution in [-0.4, -0.2) is 104 Å². The quantitative estimate of drug-likeness (QED) is 0.219. The number of fused-ring (bicyclic) bond motifs is 3. The molecule has 6 rings (SSSR count). The van der Waals surface area contributed by atoms with Gasteiger partial charge in [-0.1, -0.05) is 19.1 Å². The number of ether oxygens (including phenoxy) is 5. The number of aromatic nitrogens is 1. The lowest BCUT2D eigenvalue weighted by molar-refractivity contribution is -0.257. The van der Waals surface area contributed by atoms with E-state index in [1.54, 1.807) is 44.2 Å². The first-order valence-corrected chi connectivity index (χ1v) is 21.3. The summed E-state index contributed by atoms with van der Waals surface area (Å²) in [4.78, 5) is 62.5. The third kappa shape index (κ3) is 9.17. The van der Waals surface area contributed by atoms with Crippen molar-refractivity contribution < 1.29 is 64.5 Å². The molecule has 4 aliphatic rings. The fraction of sp³-hybridized carbons (Fsp3) is 0.634. The van der Waals surface area contributed by atoms with Crippen molar-refractivity contribution >= 4 is 44.4 Å². The average molecular weight is 852 g/mol. The Balaban J connectivity index is 1.37. The summed E-state index contributed by atoms with van der Waals surface area (Å²) >= 11 is 0. The molecule has 18 heteroatoms. The third-order valence-electron chi connectivity index (χ3n) is 12.1. The summed E-state index contributed by atoms with van der Waals surface area (Å²) in [5.41, 5.74) is -4.28. The van der Waals surface area contributed by atoms with Gasteiger partial charge in [0.05, 0.1) is 55.4 Å². The standard InChI is InChI=1S/C41H52F3N3O11S/c1-7-32-29(20-34(49)58-38(2,3)41(42,43)44)36(50)47-23-27(57-35-28-13-12-26(54-5)17-24(28)18-33(45-35)55-6)19-30(47)31(48)22-40(21-25(40)11-9-8-10-16-56-32)37(51)46-59(52,53)39(4)14-15-39/h9,11-13,17-18,25,27,29-30,32H,7-8,10,14-16,19-23H2,1-6H3,(H,46,51)/b11-9-/t25-,27-,29+,30+,32+,40-/m1/s1. The van der Waals surface area contributed by atoms with Gasteiger partial charge in [0.1, 0.15) is 11.9 Å². The second kappa shape index (κ2) is 16.5. The summed E-state index contributed by atoms with van der Waals surface area (Å²) in [6.07, 6.45) is -2.31. The summed E-state index contributed by atoms with van der Waals surface area (Å²) in [7, 11) is -1.11. The van der Waals surface area contributed by atoms with E-state index < -0.39 is 98.5 Å². The number of nitrogens with one attached hydrogen (secondary N) is 1. The number of pyridine rings is 1. The van der Waals surface area contributed by atoms with E-state index in [0.717, 1.165) is 0 Å². The van der Waals surface area contributed by atoms with Gasteiger partial charge in [0.2, 0.25) is 39.2 Å². The van der Waals surface area contributed by atoms with Gasteiger partial charge >= 0.3 is 12.1 Å². The predicted molar refractivity (Wildman–Crippen MR) is 207 cm³/mol. The van der Waals surface area contributed by atoms with E-state index in [4.69, 9.17) is 23.7 Å². The van der Waals surface area contributed by atoms with E-state index in [-0.39, 0.29) is 44.2 Å². The normalized spacial score (nSPS) is 28.0. The molecule has 6 atom stereocenters. The van der Waals surface area contributed by atoms with Gasteiger partial charge in [-0.2, -0.15) is 18.2 Å². The number of esters is 1. The van der Waals surface area contributed by atoms with Crippen LogP contribution in [0.3, 0.4) is 0 Å². The number of sulfonamides is 1. The Labute approximate surface area is 341 Å². The van der Waals surface area contributed by atoms with Crippen LogP contribution in [0.5, 0.6) is 17.5 Å². The molecule has 1 aromatic carbocycles. The highest BCUT2D eigenvalue weighted by Crippen LogP contribution is 2.57. The molecule has 3 fully saturated rings. The van der Waals surface area contributed by atoms with Crippen LogP contribution in [0.25, 0.3) is 10.8 Å². The van der Waals surface area contributed by atoms with Gasteiger partial charge < -0.3 is 28.6 Å². The van der Waals surface area contributed by atoms with Gasteiger partial charge in [-0.25, -0.2) is 8.42 Å². The van der Waals surface area contributed by atoms with E-state index in [9.17, 15) is 40.8 Å². The molecule has 324 valence electrons. The zero-order valence-electron chi connectivity index (χ0n) is 34.1. The molecule has 0 unspecified atom stereocenters. The van der Waals surface area contributed by atoms with Crippen LogP contribution in [0.2, 0.25) is 0 Å². The molecule has 2 saturated carbocycles. The number of allylic oxidation sites excluding steroid dienone is 2. The molecule has 2 aliphatic carbocycles. The largest absolute Gasteiger partial charge is 0.497 e. The van der Waals surface area contributed by atoms with Crippen molar-refractivity contribution in [3.63, 3.8) is 0 Å². The number of alkyl halides is 3. The van der Waals surface area contributed by atoms with Crippen LogP contribution in [0.4, 0.5) is 13.2 Å². The molecule has 1 aromatic heterocycles. The minimum absolute atomic E-state index is 0.0917. The highest BCUT2D eigenvalue weighted by Gasteiger charge is 2.63. The first kappa shape index (κ1) is 44.1. The first-order valence-electron chi connectivity index (χ1n) is 19.8. The molecular formula is C41H52F3N3O11S. The van der Waals surface area contributed by atoms with E-state index in [2.05, 4.69) is 9.71 Å². The molecule has 2 aliphatic heterocycles. The molecule has 1 saturated heterocycles. The summed E-state index contributed by atoms with van der Waals surface area (Å²) in [5.74, 6) is -4.34. The predicted octanol–water partition coefficient (Wildman–Crippen LogP) is 5.60. The number of carbonyl (C=O) groups is 4. The number of hydrogen-bond acceptors (Lipinski definition) is 12. The maximum atomic E-state index is 14.9. The van der Waals surface area contributed by atoms with Crippen molar-refractivity contribution in [2.75, 3.05) is 27.4 Å². The zero-order chi connectivity index (χ0) is 43.1. The van der Waals surface area contributed by atoms with Crippen LogP contribution in [0.1, 0.15) is 85.5 Å². The van der Waals surface area contributed by atoms with Crippen LogP contribution >= 0.6 is 0 Å². The number of ketones is 1. The van der Waals surface area contributed by atoms with Gasteiger partial charge in [0.15, 0.2) is 5.78 Å². The summed E-state index contributed by atoms with van der Waals surface area (Å²) in [6, 6.07) is 5.62. The average Bonchev–Trinajstić information content (AvgIpc) is 4.05. The fourth-order valence-corrected chi connectivity index (χ4v) is 9.14. The monoisotopic (exact) mass is 851 g/mol. The number of amides is 2. The van der Waals surface area contributed by atoms with E-state index in [0.29, 0.717) is 56.1 Å². The van der Waals surface area contributed by atoms with Gasteiger partial charge in [-0.3, -0.25) is 23.9 Å². The molecule has 0 spiro atoms. The number of hydrogen-bond donors (Lipinski definition) is 1. The molecule has 0 radical (unpaired) electrons. The lowest BCUT2D eigenvalue weighted by Gasteiger charge is -2.33. The number of methoxy groups -OCH3 is 2. The van der Waals surface area contributed by atoms with Gasteiger partial charge in [0, 0.05) is 30.9 Å². The van der Waals surface area contributed by atoms with E-state index in [1.807, 2.05) is 6.08 Å². The Kier molecular flexibility index (Phi) is 12.4. The second-order valence-electron chi connectivity index (χ2n) is 16.7. The Hall–Kier alpha value is -4.45. The Morgan fingerprint density at radius 2 is 1.83 bits per heavy atom. The maximum Gasteiger partial charge on any atom is 0.427 e. The highest BCUT2D eigenvalue weighted by atomic mass is 32.2. The molecule has 1 N–H and O–H groups in total. The summed E-state index contributed by atoms with van der Waals surface area (Å²) < 4.78 is 97.2. The van der Waals surface area contributed by atoms with Crippen LogP contribution in [0, 0.1) is 17.3 Å². The minimum atomic E-state index is -4.90. The van der Waals surface area contributed by atoms with Crippen molar-refractivity contribution in [3.05, 3.63) is 36.4 Å². The van der Waals surface area contributed by atoms with Crippen molar-refractivity contribution in [1.82, 2.24) is 14.6 Å². The van der Waals surface area contributed by atoms with Gasteiger partial charge in [0.25, 0.3) is 0 Å². The lowest BCUT2D eigenvalue weighted by Crippen LogP contribution is -2.50. The summed E-state index contributed by atoms with van der Waals surface area (Å²) in [6.45, 7) is 4.59. The minimum Gasteiger partial charge on any atom is -0.497 e.